The van der Waals surface area contributed by atoms with Crippen molar-refractivity contribution in [3.8, 4) is 11.5 Å². The molecule has 4 rings (SSSR count). The van der Waals surface area contributed by atoms with Gasteiger partial charge in [-0.1, -0.05) is 12.1 Å². The maximum atomic E-state index is 11.8. The van der Waals surface area contributed by atoms with Crippen LogP contribution in [0.5, 0.6) is 11.5 Å². The van der Waals surface area contributed by atoms with Crippen molar-refractivity contribution in [2.45, 2.75) is 49.1 Å². The van der Waals surface area contributed by atoms with Crippen molar-refractivity contribution in [2.75, 3.05) is 20.0 Å². The van der Waals surface area contributed by atoms with E-state index in [-0.39, 0.29) is 18.1 Å². The first-order valence-corrected chi connectivity index (χ1v) is 11.6. The van der Waals surface area contributed by atoms with E-state index in [0.717, 1.165) is 45.9 Å². The first kappa shape index (κ1) is 20.1. The predicted octanol–water partition coefficient (Wildman–Crippen LogP) is 3.68. The van der Waals surface area contributed by atoms with Crippen LogP contribution >= 0.6 is 0 Å². The minimum atomic E-state index is -1.01. The lowest BCUT2D eigenvalue weighted by molar-refractivity contribution is 0.111. The van der Waals surface area contributed by atoms with E-state index < -0.39 is 10.8 Å². The van der Waals surface area contributed by atoms with Crippen LogP contribution in [0.15, 0.2) is 46.3 Å². The van der Waals surface area contributed by atoms with Gasteiger partial charge in [-0.2, -0.15) is 0 Å². The molecule has 0 bridgehead atoms. The van der Waals surface area contributed by atoms with Crippen molar-refractivity contribution in [3.63, 3.8) is 0 Å². The van der Waals surface area contributed by atoms with Gasteiger partial charge in [0.2, 0.25) is 0 Å². The van der Waals surface area contributed by atoms with E-state index in [1.807, 2.05) is 37.3 Å². The molecule has 1 aliphatic heterocycles. The lowest BCUT2D eigenvalue weighted by Gasteiger charge is -2.37. The summed E-state index contributed by atoms with van der Waals surface area (Å²) in [5, 5.41) is 10.3. The molecule has 6 heteroatoms. The fraction of sp³-hybridized carbons (Fsp3) is 0.435. The molecule has 5 nitrogen and oxygen atoms in total. The summed E-state index contributed by atoms with van der Waals surface area (Å²) >= 11 is 0. The number of rotatable bonds is 5. The summed E-state index contributed by atoms with van der Waals surface area (Å²) in [5.74, 6) is 1.58. The highest BCUT2D eigenvalue weighted by Crippen LogP contribution is 2.45. The van der Waals surface area contributed by atoms with Gasteiger partial charge in [0.05, 0.1) is 31.6 Å². The molecule has 1 heterocycles. The number of ether oxygens (including phenoxy) is 2. The van der Waals surface area contributed by atoms with Gasteiger partial charge in [-0.25, -0.2) is 0 Å². The molecule has 1 saturated carbocycles. The zero-order valence-corrected chi connectivity index (χ0v) is 17.9. The lowest BCUT2D eigenvalue weighted by atomic mass is 9.74. The second-order valence-electron chi connectivity index (χ2n) is 7.62. The highest BCUT2D eigenvalue weighted by Gasteiger charge is 2.37. The molecule has 1 aliphatic carbocycles. The molecular formula is C23H27NO4S. The highest BCUT2D eigenvalue weighted by atomic mass is 32.2. The summed E-state index contributed by atoms with van der Waals surface area (Å²) < 4.78 is 23.2. The van der Waals surface area contributed by atoms with Gasteiger partial charge in [0.15, 0.2) is 11.5 Å². The molecule has 2 aromatic rings. The Hall–Kier alpha value is -2.18. The number of aliphatic hydroxyl groups is 1. The van der Waals surface area contributed by atoms with Gasteiger partial charge in [-0.15, -0.1) is 0 Å². The van der Waals surface area contributed by atoms with Crippen molar-refractivity contribution >= 4 is 16.5 Å². The van der Waals surface area contributed by atoms with E-state index >= 15 is 0 Å². The van der Waals surface area contributed by atoms with Crippen LogP contribution in [-0.4, -0.2) is 47.1 Å². The van der Waals surface area contributed by atoms with Gasteiger partial charge in [0.25, 0.3) is 0 Å². The fourth-order valence-corrected chi connectivity index (χ4v) is 4.93. The van der Waals surface area contributed by atoms with Crippen LogP contribution in [0, 0.1) is 0 Å². The van der Waals surface area contributed by atoms with Crippen molar-refractivity contribution in [2.24, 2.45) is 4.99 Å². The monoisotopic (exact) mass is 413 g/mol. The molecule has 29 heavy (non-hydrogen) atoms. The minimum absolute atomic E-state index is 0.142. The second kappa shape index (κ2) is 8.28. The number of nitrogens with zero attached hydrogens (tertiary/aromatic N) is 1. The molecule has 1 N–H and O–H groups in total. The zero-order chi connectivity index (χ0) is 20.5. The third kappa shape index (κ3) is 3.83. The lowest BCUT2D eigenvalue weighted by Crippen LogP contribution is -2.34. The van der Waals surface area contributed by atoms with Crippen molar-refractivity contribution in [1.82, 2.24) is 0 Å². The maximum Gasteiger partial charge on any atom is 0.161 e. The summed E-state index contributed by atoms with van der Waals surface area (Å²) in [7, 11) is 0.629. The third-order valence-corrected chi connectivity index (χ3v) is 6.77. The molecule has 3 unspecified atom stereocenters. The normalized spacial score (nSPS) is 24.1. The number of aliphatic hydroxyl groups excluding tert-OH is 1. The van der Waals surface area contributed by atoms with E-state index in [1.165, 1.54) is 0 Å². The van der Waals surface area contributed by atoms with Crippen LogP contribution < -0.4 is 9.47 Å². The number of fused-ring (bicyclic) bond motifs is 3. The van der Waals surface area contributed by atoms with E-state index in [2.05, 4.69) is 6.07 Å². The van der Waals surface area contributed by atoms with Crippen molar-refractivity contribution < 1.29 is 18.8 Å². The number of methoxy groups -OCH3 is 1. The Labute approximate surface area is 174 Å². The van der Waals surface area contributed by atoms with Crippen molar-refractivity contribution in [3.05, 3.63) is 53.1 Å². The average molecular weight is 414 g/mol. The van der Waals surface area contributed by atoms with Crippen LogP contribution in [0.2, 0.25) is 0 Å². The number of hydrogen-bond donors (Lipinski definition) is 1. The molecule has 0 amide bonds. The molecule has 0 radical (unpaired) electrons. The molecule has 154 valence electrons. The molecule has 0 saturated heterocycles. The predicted molar refractivity (Wildman–Crippen MR) is 115 cm³/mol. The molecule has 0 spiro atoms. The first-order chi connectivity index (χ1) is 14.0. The smallest absolute Gasteiger partial charge is 0.161 e. The summed E-state index contributed by atoms with van der Waals surface area (Å²) in [5.41, 5.74) is 4.10. The van der Waals surface area contributed by atoms with Gasteiger partial charge >= 0.3 is 0 Å². The second-order valence-corrected chi connectivity index (χ2v) is 9.00. The van der Waals surface area contributed by atoms with Gasteiger partial charge < -0.3 is 14.6 Å². The average Bonchev–Trinajstić information content (AvgIpc) is 2.73. The van der Waals surface area contributed by atoms with Gasteiger partial charge in [0.1, 0.15) is 0 Å². The Balaban J connectivity index is 1.85. The summed E-state index contributed by atoms with van der Waals surface area (Å²) in [6, 6.07) is 12.0. The zero-order valence-electron chi connectivity index (χ0n) is 17.1. The summed E-state index contributed by atoms with van der Waals surface area (Å²) in [6.07, 6.45) is 3.73. The van der Waals surface area contributed by atoms with Crippen LogP contribution in [0.3, 0.4) is 0 Å². The van der Waals surface area contributed by atoms with Crippen LogP contribution in [-0.2, 0) is 10.8 Å². The SMILES string of the molecule is CCOc1cc2c(cc1OC)C(c1ccc(S(C)=O)cc1)=NC1CC[C@@H](O)CC21. The van der Waals surface area contributed by atoms with Crippen LogP contribution in [0.1, 0.15) is 48.8 Å². The number of hydrogen-bond acceptors (Lipinski definition) is 5. The van der Waals surface area contributed by atoms with Crippen LogP contribution in [0.4, 0.5) is 0 Å². The molecule has 4 atom stereocenters. The fourth-order valence-electron chi connectivity index (χ4n) is 4.41. The maximum absolute atomic E-state index is 11.8. The molecular weight excluding hydrogens is 386 g/mol. The Morgan fingerprint density at radius 2 is 1.93 bits per heavy atom. The summed E-state index contributed by atoms with van der Waals surface area (Å²) in [4.78, 5) is 5.91. The Morgan fingerprint density at radius 3 is 2.59 bits per heavy atom. The quantitative estimate of drug-likeness (QED) is 0.812. The van der Waals surface area contributed by atoms with Crippen molar-refractivity contribution in [1.29, 1.82) is 0 Å². The Bertz CT molecular complexity index is 954. The van der Waals surface area contributed by atoms with Gasteiger partial charge in [0, 0.05) is 39.0 Å². The largest absolute Gasteiger partial charge is 0.493 e. The Kier molecular flexibility index (Phi) is 5.74. The molecule has 2 aromatic carbocycles. The van der Waals surface area contributed by atoms with E-state index in [4.69, 9.17) is 14.5 Å². The van der Waals surface area contributed by atoms with E-state index in [1.54, 1.807) is 13.4 Å². The molecule has 2 aliphatic rings. The molecule has 1 fully saturated rings. The minimum Gasteiger partial charge on any atom is -0.493 e. The number of benzene rings is 2. The highest BCUT2D eigenvalue weighted by molar-refractivity contribution is 7.84. The van der Waals surface area contributed by atoms with Crippen LogP contribution in [0.25, 0.3) is 0 Å². The Morgan fingerprint density at radius 1 is 1.17 bits per heavy atom. The topological polar surface area (TPSA) is 68.1 Å². The van der Waals surface area contributed by atoms with Gasteiger partial charge in [-0.3, -0.25) is 9.20 Å². The third-order valence-electron chi connectivity index (χ3n) is 5.83. The van der Waals surface area contributed by atoms with E-state index in [0.29, 0.717) is 18.8 Å². The first-order valence-electron chi connectivity index (χ1n) is 10.1. The van der Waals surface area contributed by atoms with Gasteiger partial charge in [-0.05, 0) is 56.0 Å². The van der Waals surface area contributed by atoms with E-state index in [9.17, 15) is 9.32 Å². The number of aliphatic imine (C=N–C) groups is 1. The summed E-state index contributed by atoms with van der Waals surface area (Å²) in [6.45, 7) is 2.51. The standard InChI is InChI=1S/C23H27NO4S/c1-4-28-22-12-17-18-11-15(25)7-10-20(18)24-23(19(17)13-21(22)27-2)14-5-8-16(9-6-14)29(3)26/h5-6,8-9,12-13,15,18,20,25H,4,7,10-11H2,1-3H3/t15-,18?,20?,29?/m1/s1. The molecule has 0 aromatic heterocycles.